The van der Waals surface area contributed by atoms with Gasteiger partial charge in [0.2, 0.25) is 0 Å². The first kappa shape index (κ1) is 13.0. The van der Waals surface area contributed by atoms with E-state index in [0.29, 0.717) is 11.5 Å². The zero-order valence-corrected chi connectivity index (χ0v) is 12.3. The number of nitrogens with two attached hydrogens (primary N) is 1. The van der Waals surface area contributed by atoms with Gasteiger partial charge in [0.25, 0.3) is 0 Å². The summed E-state index contributed by atoms with van der Waals surface area (Å²) in [6.45, 7) is 6.31. The van der Waals surface area contributed by atoms with Gasteiger partial charge < -0.3 is 15.2 Å². The number of hydrogen-bond donors (Lipinski definition) is 1. The summed E-state index contributed by atoms with van der Waals surface area (Å²) >= 11 is 5.19. The molecule has 0 unspecified atom stereocenters. The van der Waals surface area contributed by atoms with Gasteiger partial charge in [0, 0.05) is 25.5 Å². The van der Waals surface area contributed by atoms with Crippen molar-refractivity contribution < 1.29 is 0 Å². The van der Waals surface area contributed by atoms with Gasteiger partial charge >= 0.3 is 0 Å². The molecule has 0 atom stereocenters. The third kappa shape index (κ3) is 2.03. The van der Waals surface area contributed by atoms with Crippen molar-refractivity contribution in [2.24, 2.45) is 5.73 Å². The smallest absolute Gasteiger partial charge is 0.162 e. The number of imidazole rings is 1. The lowest BCUT2D eigenvalue weighted by atomic mass is 10.1. The van der Waals surface area contributed by atoms with Crippen LogP contribution in [0, 0.1) is 13.8 Å². The molecule has 2 aromatic rings. The molecule has 7 heteroatoms. The lowest BCUT2D eigenvalue weighted by Gasteiger charge is -2.30. The van der Waals surface area contributed by atoms with Crippen LogP contribution in [0.3, 0.4) is 0 Å². The first-order chi connectivity index (χ1) is 9.58. The molecule has 2 aromatic heterocycles. The van der Waals surface area contributed by atoms with Crippen molar-refractivity contribution in [2.45, 2.75) is 26.9 Å². The van der Waals surface area contributed by atoms with Crippen LogP contribution in [0.4, 0.5) is 5.82 Å². The van der Waals surface area contributed by atoms with Crippen LogP contribution in [0.25, 0.3) is 0 Å². The Morgan fingerprint density at radius 3 is 2.85 bits per heavy atom. The quantitative estimate of drug-likeness (QED) is 0.829. The molecule has 1 aliphatic heterocycles. The van der Waals surface area contributed by atoms with Crippen LogP contribution >= 0.6 is 12.2 Å². The summed E-state index contributed by atoms with van der Waals surface area (Å²) in [5.41, 5.74) is 8.56. The minimum Gasteiger partial charge on any atom is -0.389 e. The monoisotopic (exact) mass is 288 g/mol. The molecular weight excluding hydrogens is 272 g/mol. The second kappa shape index (κ2) is 4.82. The highest BCUT2D eigenvalue weighted by Gasteiger charge is 2.23. The molecule has 0 amide bonds. The Kier molecular flexibility index (Phi) is 3.13. The number of aromatic nitrogens is 4. The van der Waals surface area contributed by atoms with E-state index in [0.717, 1.165) is 41.6 Å². The van der Waals surface area contributed by atoms with Gasteiger partial charge in [-0.2, -0.15) is 5.10 Å². The van der Waals surface area contributed by atoms with Gasteiger partial charge in [-0.25, -0.2) is 4.98 Å². The lowest BCUT2D eigenvalue weighted by molar-refractivity contribution is 0.553. The average molecular weight is 288 g/mol. The second-order valence-electron chi connectivity index (χ2n) is 4.93. The Morgan fingerprint density at radius 1 is 1.30 bits per heavy atom. The number of anilines is 1. The number of aryl methyl sites for hydroxylation is 1. The molecule has 3 heterocycles. The number of hydrogen-bond acceptors (Lipinski definition) is 5. The second-order valence-corrected chi connectivity index (χ2v) is 5.37. The van der Waals surface area contributed by atoms with E-state index in [2.05, 4.69) is 24.6 Å². The number of rotatable bonds is 2. The Hall–Kier alpha value is -2.02. The summed E-state index contributed by atoms with van der Waals surface area (Å²) in [5.74, 6) is 1.78. The van der Waals surface area contributed by atoms with Crippen LogP contribution in [0.1, 0.15) is 22.6 Å². The fourth-order valence-corrected chi connectivity index (χ4v) is 2.71. The molecule has 0 radical (unpaired) electrons. The first-order valence-corrected chi connectivity index (χ1v) is 6.87. The molecule has 6 nitrogen and oxygen atoms in total. The third-order valence-corrected chi connectivity index (χ3v) is 3.93. The molecule has 104 valence electrons. The molecule has 2 N–H and O–H groups in total. The summed E-state index contributed by atoms with van der Waals surface area (Å²) in [6, 6.07) is 0. The van der Waals surface area contributed by atoms with Gasteiger partial charge in [-0.15, -0.1) is 5.10 Å². The van der Waals surface area contributed by atoms with Gasteiger partial charge in [-0.1, -0.05) is 12.2 Å². The summed E-state index contributed by atoms with van der Waals surface area (Å²) in [5, 5.41) is 8.52. The highest BCUT2D eigenvalue weighted by Crippen LogP contribution is 2.25. The minimum absolute atomic E-state index is 0.365. The van der Waals surface area contributed by atoms with Crippen molar-refractivity contribution in [1.29, 1.82) is 0 Å². The van der Waals surface area contributed by atoms with Crippen molar-refractivity contribution >= 4 is 23.0 Å². The Bertz CT molecular complexity index is 677. The molecule has 0 saturated heterocycles. The van der Waals surface area contributed by atoms with Crippen molar-refractivity contribution in [1.82, 2.24) is 19.7 Å². The van der Waals surface area contributed by atoms with Crippen LogP contribution in [0.2, 0.25) is 0 Å². The fraction of sp³-hybridized carbons (Fsp3) is 0.385. The SMILES string of the molecule is Cc1nnc(N2CCn3ccnc3C2)c(C(N)=S)c1C. The average Bonchev–Trinajstić information content (AvgIpc) is 2.88. The fourth-order valence-electron chi connectivity index (χ4n) is 2.47. The Balaban J connectivity index is 2.03. The molecule has 1 aliphatic rings. The summed E-state index contributed by atoms with van der Waals surface area (Å²) in [7, 11) is 0. The molecule has 0 aromatic carbocycles. The number of nitrogens with zero attached hydrogens (tertiary/aromatic N) is 5. The van der Waals surface area contributed by atoms with Crippen LogP contribution in [0.15, 0.2) is 12.4 Å². The largest absolute Gasteiger partial charge is 0.389 e. The van der Waals surface area contributed by atoms with E-state index in [9.17, 15) is 0 Å². The van der Waals surface area contributed by atoms with Crippen molar-refractivity contribution in [3.63, 3.8) is 0 Å². The molecule has 0 fully saturated rings. The summed E-state index contributed by atoms with van der Waals surface area (Å²) in [6.07, 6.45) is 3.81. The third-order valence-electron chi connectivity index (χ3n) is 3.73. The maximum absolute atomic E-state index is 5.88. The predicted octanol–water partition coefficient (Wildman–Crippen LogP) is 0.944. The lowest BCUT2D eigenvalue weighted by Crippen LogP contribution is -2.36. The van der Waals surface area contributed by atoms with E-state index >= 15 is 0 Å². The molecular formula is C13H16N6S. The minimum atomic E-state index is 0.365. The first-order valence-electron chi connectivity index (χ1n) is 6.46. The Labute approximate surface area is 122 Å². The molecule has 3 rings (SSSR count). The summed E-state index contributed by atoms with van der Waals surface area (Å²) in [4.78, 5) is 6.86. The van der Waals surface area contributed by atoms with E-state index in [4.69, 9.17) is 18.0 Å². The van der Waals surface area contributed by atoms with E-state index in [-0.39, 0.29) is 0 Å². The number of fused-ring (bicyclic) bond motifs is 1. The zero-order valence-electron chi connectivity index (χ0n) is 11.5. The normalized spacial score (nSPS) is 14.2. The van der Waals surface area contributed by atoms with Crippen LogP contribution in [-0.2, 0) is 13.1 Å². The zero-order chi connectivity index (χ0) is 14.3. The maximum Gasteiger partial charge on any atom is 0.162 e. The Morgan fingerprint density at radius 2 is 2.10 bits per heavy atom. The van der Waals surface area contributed by atoms with Crippen LogP contribution < -0.4 is 10.6 Å². The standard InChI is InChI=1S/C13H16N6S/c1-8-9(2)16-17-13(11(8)12(14)20)19-6-5-18-4-3-15-10(18)7-19/h3-4H,5-7H2,1-2H3,(H2,14,20). The van der Waals surface area contributed by atoms with Gasteiger partial charge in [-0.3, -0.25) is 0 Å². The molecule has 0 saturated carbocycles. The highest BCUT2D eigenvalue weighted by atomic mass is 32.1. The van der Waals surface area contributed by atoms with Crippen molar-refractivity contribution in [2.75, 3.05) is 11.4 Å². The van der Waals surface area contributed by atoms with Gasteiger partial charge in [-0.05, 0) is 19.4 Å². The topological polar surface area (TPSA) is 72.9 Å². The maximum atomic E-state index is 5.88. The molecule has 0 spiro atoms. The predicted molar refractivity (Wildman–Crippen MR) is 80.7 cm³/mol. The van der Waals surface area contributed by atoms with Gasteiger partial charge in [0.05, 0.1) is 17.8 Å². The van der Waals surface area contributed by atoms with E-state index in [1.54, 1.807) is 0 Å². The van der Waals surface area contributed by atoms with Gasteiger partial charge in [0.1, 0.15) is 10.8 Å². The molecule has 0 aliphatic carbocycles. The number of thiocarbonyl (C=S) groups is 1. The molecule has 0 bridgehead atoms. The van der Waals surface area contributed by atoms with Crippen molar-refractivity contribution in [3.8, 4) is 0 Å². The van der Waals surface area contributed by atoms with Crippen LogP contribution in [-0.4, -0.2) is 31.3 Å². The van der Waals surface area contributed by atoms with Gasteiger partial charge in [0.15, 0.2) is 5.82 Å². The summed E-state index contributed by atoms with van der Waals surface area (Å²) < 4.78 is 2.14. The van der Waals surface area contributed by atoms with Crippen LogP contribution in [0.5, 0.6) is 0 Å². The highest BCUT2D eigenvalue weighted by molar-refractivity contribution is 7.80. The van der Waals surface area contributed by atoms with E-state index in [1.807, 2.05) is 26.2 Å². The van der Waals surface area contributed by atoms with E-state index in [1.165, 1.54) is 0 Å². The molecule has 20 heavy (non-hydrogen) atoms. The van der Waals surface area contributed by atoms with E-state index < -0.39 is 0 Å². The van der Waals surface area contributed by atoms with Crippen molar-refractivity contribution in [3.05, 3.63) is 35.0 Å².